The Kier molecular flexibility index (Phi) is 6.44. The summed E-state index contributed by atoms with van der Waals surface area (Å²) >= 11 is 0. The fraction of sp³-hybridized carbons (Fsp3) is 0.750. The van der Waals surface area contributed by atoms with Gasteiger partial charge in [-0.05, 0) is 27.2 Å². The minimum atomic E-state index is -0.583. The lowest BCUT2D eigenvalue weighted by atomic mass is 10.1. The molecule has 1 atom stereocenters. The molecule has 0 saturated carbocycles. The molecule has 0 aliphatic rings. The lowest BCUT2D eigenvalue weighted by Crippen LogP contribution is -2.43. The third-order valence-corrected chi connectivity index (χ3v) is 2.15. The molecule has 0 unspecified atom stereocenters. The Labute approximate surface area is 108 Å². The summed E-state index contributed by atoms with van der Waals surface area (Å²) in [4.78, 5) is 27.4. The number of nitrogens with zero attached hydrogens (tertiary/aromatic N) is 1. The fourth-order valence-electron chi connectivity index (χ4n) is 1.27. The monoisotopic (exact) mass is 258 g/mol. The zero-order valence-electron chi connectivity index (χ0n) is 11.9. The number of carbonyl (C=O) groups is 1. The molecule has 18 heavy (non-hydrogen) atoms. The van der Waals surface area contributed by atoms with Crippen molar-refractivity contribution in [3.05, 3.63) is 5.70 Å². The molecule has 0 aromatic heterocycles. The lowest BCUT2D eigenvalue weighted by Gasteiger charge is -2.26. The Morgan fingerprint density at radius 2 is 2.00 bits per heavy atom. The van der Waals surface area contributed by atoms with E-state index in [-0.39, 0.29) is 5.70 Å². The van der Waals surface area contributed by atoms with Crippen molar-refractivity contribution < 1.29 is 19.2 Å². The van der Waals surface area contributed by atoms with Crippen LogP contribution in [0.25, 0.3) is 0 Å². The Hall–Kier alpha value is -1.52. The van der Waals surface area contributed by atoms with Gasteiger partial charge in [-0.15, -0.1) is 0 Å². The Morgan fingerprint density at radius 3 is 2.33 bits per heavy atom. The van der Waals surface area contributed by atoms with Crippen LogP contribution in [0.1, 0.15) is 34.1 Å². The summed E-state index contributed by atoms with van der Waals surface area (Å²) in [6.45, 7) is 7.14. The van der Waals surface area contributed by atoms with Crippen LogP contribution in [0, 0.1) is 0 Å². The third kappa shape index (κ3) is 5.70. The van der Waals surface area contributed by atoms with Gasteiger partial charge in [0.1, 0.15) is 17.2 Å². The van der Waals surface area contributed by atoms with Crippen LogP contribution in [-0.2, 0) is 14.4 Å². The minimum Gasteiger partial charge on any atom is -0.444 e. The number of hydroxylamine groups is 2. The van der Waals surface area contributed by atoms with Gasteiger partial charge in [0.15, 0.2) is 0 Å². The summed E-state index contributed by atoms with van der Waals surface area (Å²) < 4.78 is 5.13. The Bertz CT molecular complexity index is 329. The zero-order valence-corrected chi connectivity index (χ0v) is 11.9. The molecule has 0 fully saturated rings. The summed E-state index contributed by atoms with van der Waals surface area (Å²) in [5.41, 5.74) is -0.369. The standard InChI is InChI=1S/C12H22N2O4/c1-7-9(10(8-15)14(5)17-6)13-11(16)18-12(2,3)4/h9H,7H2,1-6H3,(H,13,16)/t9-/m0/s1. The molecule has 0 aliphatic heterocycles. The second-order valence-electron chi connectivity index (χ2n) is 4.77. The van der Waals surface area contributed by atoms with E-state index in [4.69, 9.17) is 9.57 Å². The molecular weight excluding hydrogens is 236 g/mol. The average Bonchev–Trinajstić information content (AvgIpc) is 2.25. The van der Waals surface area contributed by atoms with Crippen molar-refractivity contribution in [1.82, 2.24) is 10.4 Å². The highest BCUT2D eigenvalue weighted by molar-refractivity contribution is 5.69. The number of hydrogen-bond acceptors (Lipinski definition) is 5. The molecule has 0 radical (unpaired) electrons. The van der Waals surface area contributed by atoms with Gasteiger partial charge < -0.3 is 10.1 Å². The first-order chi connectivity index (χ1) is 8.25. The van der Waals surface area contributed by atoms with Gasteiger partial charge in [0.05, 0.1) is 13.2 Å². The van der Waals surface area contributed by atoms with Crippen LogP contribution in [0.5, 0.6) is 0 Å². The van der Waals surface area contributed by atoms with Crippen molar-refractivity contribution in [2.45, 2.75) is 45.8 Å². The molecule has 0 aromatic carbocycles. The van der Waals surface area contributed by atoms with Gasteiger partial charge in [-0.2, -0.15) is 0 Å². The second kappa shape index (κ2) is 7.03. The van der Waals surface area contributed by atoms with Crippen LogP contribution >= 0.6 is 0 Å². The van der Waals surface area contributed by atoms with Gasteiger partial charge in [-0.25, -0.2) is 14.7 Å². The smallest absolute Gasteiger partial charge is 0.408 e. The molecule has 0 heterocycles. The van der Waals surface area contributed by atoms with Crippen LogP contribution in [0.2, 0.25) is 0 Å². The van der Waals surface area contributed by atoms with Gasteiger partial charge >= 0.3 is 6.09 Å². The number of amides is 1. The minimum absolute atomic E-state index is 0.214. The first-order valence-corrected chi connectivity index (χ1v) is 5.77. The molecule has 6 heteroatoms. The SMILES string of the molecule is CC[C@H](NC(=O)OC(C)(C)C)C(=C=O)N(C)OC. The second-order valence-corrected chi connectivity index (χ2v) is 4.77. The Balaban J connectivity index is 4.70. The highest BCUT2D eigenvalue weighted by atomic mass is 16.7. The zero-order chi connectivity index (χ0) is 14.3. The van der Waals surface area contributed by atoms with Gasteiger partial charge in [0.25, 0.3) is 0 Å². The van der Waals surface area contributed by atoms with E-state index in [2.05, 4.69) is 5.32 Å². The van der Waals surface area contributed by atoms with Gasteiger partial charge in [-0.3, -0.25) is 4.84 Å². The maximum absolute atomic E-state index is 11.6. The van der Waals surface area contributed by atoms with E-state index in [0.29, 0.717) is 6.42 Å². The van der Waals surface area contributed by atoms with Gasteiger partial charge in [-0.1, -0.05) is 6.92 Å². The van der Waals surface area contributed by atoms with Crippen molar-refractivity contribution in [2.24, 2.45) is 0 Å². The van der Waals surface area contributed by atoms with Crippen LogP contribution in [-0.4, -0.2) is 42.9 Å². The van der Waals surface area contributed by atoms with E-state index in [0.717, 1.165) is 0 Å². The third-order valence-electron chi connectivity index (χ3n) is 2.15. The molecule has 0 rings (SSSR count). The Morgan fingerprint density at radius 1 is 1.44 bits per heavy atom. The van der Waals surface area contributed by atoms with E-state index < -0.39 is 17.7 Å². The van der Waals surface area contributed by atoms with Crippen molar-refractivity contribution in [2.75, 3.05) is 14.2 Å². The molecule has 0 aliphatic carbocycles. The van der Waals surface area contributed by atoms with Gasteiger partial charge in [0.2, 0.25) is 0 Å². The predicted octanol–water partition coefficient (Wildman–Crippen LogP) is 1.50. The molecular formula is C12H22N2O4. The molecule has 104 valence electrons. The maximum atomic E-state index is 11.6. The van der Waals surface area contributed by atoms with Crippen LogP contribution < -0.4 is 5.32 Å². The normalized spacial score (nSPS) is 12.3. The molecule has 0 saturated heterocycles. The lowest BCUT2D eigenvalue weighted by molar-refractivity contribution is -0.0816. The number of carbonyl (C=O) groups excluding carboxylic acids is 2. The van der Waals surface area contributed by atoms with E-state index >= 15 is 0 Å². The van der Waals surface area contributed by atoms with Crippen molar-refractivity contribution in [3.63, 3.8) is 0 Å². The summed E-state index contributed by atoms with van der Waals surface area (Å²) in [7, 11) is 3.00. The summed E-state index contributed by atoms with van der Waals surface area (Å²) in [5, 5.41) is 3.87. The number of hydrogen-bond donors (Lipinski definition) is 1. The number of rotatable bonds is 5. The molecule has 0 spiro atoms. The van der Waals surface area contributed by atoms with Crippen LogP contribution in [0.15, 0.2) is 5.70 Å². The van der Waals surface area contributed by atoms with Crippen LogP contribution in [0.4, 0.5) is 4.79 Å². The van der Waals surface area contributed by atoms with E-state index in [1.807, 2.05) is 6.92 Å². The van der Waals surface area contributed by atoms with Crippen molar-refractivity contribution >= 4 is 12.0 Å². The topological polar surface area (TPSA) is 67.9 Å². The largest absolute Gasteiger partial charge is 0.444 e. The number of likely N-dealkylation sites (N-methyl/N-ethyl adjacent to an activating group) is 1. The number of alkyl carbamates (subject to hydrolysis) is 1. The summed E-state index contributed by atoms with van der Waals surface area (Å²) in [6, 6.07) is -0.498. The molecule has 1 N–H and O–H groups in total. The number of ether oxygens (including phenoxy) is 1. The van der Waals surface area contributed by atoms with Crippen molar-refractivity contribution in [1.29, 1.82) is 0 Å². The highest BCUT2D eigenvalue weighted by Crippen LogP contribution is 2.11. The molecule has 0 aromatic rings. The first-order valence-electron chi connectivity index (χ1n) is 5.77. The van der Waals surface area contributed by atoms with E-state index in [1.54, 1.807) is 33.8 Å². The molecule has 1 amide bonds. The van der Waals surface area contributed by atoms with Crippen molar-refractivity contribution in [3.8, 4) is 0 Å². The highest BCUT2D eigenvalue weighted by Gasteiger charge is 2.23. The first kappa shape index (κ1) is 16.5. The molecule has 0 bridgehead atoms. The molecule has 6 nitrogen and oxygen atoms in total. The summed E-state index contributed by atoms with van der Waals surface area (Å²) in [6.07, 6.45) is -0.0519. The average molecular weight is 258 g/mol. The van der Waals surface area contributed by atoms with Gasteiger partial charge in [0, 0.05) is 7.05 Å². The van der Waals surface area contributed by atoms with E-state index in [1.165, 1.54) is 12.2 Å². The number of nitrogens with one attached hydrogen (secondary N) is 1. The van der Waals surface area contributed by atoms with E-state index in [9.17, 15) is 9.59 Å². The quantitative estimate of drug-likeness (QED) is 0.598. The summed E-state index contributed by atoms with van der Waals surface area (Å²) in [5.74, 6) is 1.77. The fourth-order valence-corrected chi connectivity index (χ4v) is 1.27. The maximum Gasteiger partial charge on any atom is 0.408 e. The van der Waals surface area contributed by atoms with Crippen LogP contribution in [0.3, 0.4) is 0 Å². The predicted molar refractivity (Wildman–Crippen MR) is 67.4 cm³/mol.